The molecule has 1 spiro atoms. The van der Waals surface area contributed by atoms with Gasteiger partial charge < -0.3 is 9.15 Å². The highest BCUT2D eigenvalue weighted by atomic mass is 16.5. The van der Waals surface area contributed by atoms with Gasteiger partial charge in [-0.25, -0.2) is 0 Å². The number of hydrogen-bond acceptors (Lipinski definition) is 4. The third-order valence-corrected chi connectivity index (χ3v) is 4.35. The average molecular weight is 236 g/mol. The fraction of sp³-hybridized carbons (Fsp3) is 0.692. The number of hydrogen-bond donors (Lipinski definition) is 2. The van der Waals surface area contributed by atoms with Gasteiger partial charge in [-0.1, -0.05) is 0 Å². The van der Waals surface area contributed by atoms with Gasteiger partial charge in [0.25, 0.3) is 0 Å². The molecular formula is C13H20N2O2. The molecule has 1 aliphatic heterocycles. The molecule has 0 aromatic carbocycles. The first-order valence-electron chi connectivity index (χ1n) is 6.45. The first-order valence-corrected chi connectivity index (χ1v) is 6.45. The van der Waals surface area contributed by atoms with Gasteiger partial charge in [-0.05, 0) is 44.1 Å². The van der Waals surface area contributed by atoms with Crippen LogP contribution in [0.25, 0.3) is 0 Å². The smallest absolute Gasteiger partial charge is 0.0950 e. The third-order valence-electron chi connectivity index (χ3n) is 4.35. The van der Waals surface area contributed by atoms with E-state index in [0.29, 0.717) is 5.92 Å². The lowest BCUT2D eigenvalue weighted by atomic mass is 9.70. The second kappa shape index (κ2) is 4.44. The minimum absolute atomic E-state index is 0.168. The molecule has 0 bridgehead atoms. The van der Waals surface area contributed by atoms with Crippen molar-refractivity contribution < 1.29 is 9.15 Å². The predicted octanol–water partition coefficient (Wildman–Crippen LogP) is 2.13. The van der Waals surface area contributed by atoms with Crippen LogP contribution in [0.3, 0.4) is 0 Å². The van der Waals surface area contributed by atoms with Crippen molar-refractivity contribution in [2.24, 2.45) is 11.8 Å². The van der Waals surface area contributed by atoms with Crippen LogP contribution in [0, 0.1) is 5.92 Å². The maximum Gasteiger partial charge on any atom is 0.0950 e. The van der Waals surface area contributed by atoms with E-state index < -0.39 is 0 Å². The Hall–Kier alpha value is -0.840. The molecule has 2 unspecified atom stereocenters. The lowest BCUT2D eigenvalue weighted by Crippen LogP contribution is -2.48. The molecule has 0 amide bonds. The molecule has 4 nitrogen and oxygen atoms in total. The van der Waals surface area contributed by atoms with Crippen LogP contribution >= 0.6 is 0 Å². The van der Waals surface area contributed by atoms with Crippen molar-refractivity contribution in [2.45, 2.75) is 43.7 Å². The first kappa shape index (κ1) is 11.3. The summed E-state index contributed by atoms with van der Waals surface area (Å²) in [5.41, 5.74) is 4.26. The molecule has 1 aromatic rings. The molecule has 3 rings (SSSR count). The van der Waals surface area contributed by atoms with E-state index in [1.54, 1.807) is 12.5 Å². The molecule has 3 N–H and O–H groups in total. The Morgan fingerprint density at radius 1 is 1.47 bits per heavy atom. The van der Waals surface area contributed by atoms with E-state index >= 15 is 0 Å². The normalized spacial score (nSPS) is 28.9. The third kappa shape index (κ3) is 2.01. The maximum absolute atomic E-state index is 5.95. The highest BCUT2D eigenvalue weighted by molar-refractivity contribution is 5.14. The Labute approximate surface area is 101 Å². The van der Waals surface area contributed by atoms with Gasteiger partial charge in [-0.2, -0.15) is 0 Å². The van der Waals surface area contributed by atoms with Gasteiger partial charge in [0.1, 0.15) is 0 Å². The van der Waals surface area contributed by atoms with Crippen LogP contribution in [0.15, 0.2) is 23.0 Å². The van der Waals surface area contributed by atoms with Crippen LogP contribution in [0.5, 0.6) is 0 Å². The second-order valence-corrected chi connectivity index (χ2v) is 5.34. The molecule has 4 heteroatoms. The van der Waals surface area contributed by atoms with E-state index in [-0.39, 0.29) is 11.6 Å². The Morgan fingerprint density at radius 3 is 2.94 bits per heavy atom. The molecule has 0 radical (unpaired) electrons. The summed E-state index contributed by atoms with van der Waals surface area (Å²) in [6.45, 7) is 0.862. The molecule has 94 valence electrons. The summed E-state index contributed by atoms with van der Waals surface area (Å²) in [6.07, 6.45) is 9.41. The summed E-state index contributed by atoms with van der Waals surface area (Å²) in [7, 11) is 0. The fourth-order valence-electron chi connectivity index (χ4n) is 3.23. The second-order valence-electron chi connectivity index (χ2n) is 5.34. The summed E-state index contributed by atoms with van der Waals surface area (Å²) in [5, 5.41) is 0. The topological polar surface area (TPSA) is 60.4 Å². The monoisotopic (exact) mass is 236 g/mol. The van der Waals surface area contributed by atoms with Crippen LogP contribution in [-0.2, 0) is 4.74 Å². The molecule has 1 saturated carbocycles. The van der Waals surface area contributed by atoms with E-state index in [2.05, 4.69) is 5.43 Å². The van der Waals surface area contributed by atoms with Crippen molar-refractivity contribution in [3.8, 4) is 0 Å². The van der Waals surface area contributed by atoms with Crippen LogP contribution in [0.2, 0.25) is 0 Å². The number of ether oxygens (including phenoxy) is 1. The van der Waals surface area contributed by atoms with E-state index in [1.165, 1.54) is 19.3 Å². The van der Waals surface area contributed by atoms with Crippen LogP contribution in [-0.4, -0.2) is 12.2 Å². The predicted molar refractivity (Wildman–Crippen MR) is 64.0 cm³/mol. The Balaban J connectivity index is 1.73. The zero-order valence-electron chi connectivity index (χ0n) is 10.0. The number of rotatable bonds is 3. The Bertz CT molecular complexity index is 360. The van der Waals surface area contributed by atoms with Crippen molar-refractivity contribution in [2.75, 3.05) is 6.61 Å². The van der Waals surface area contributed by atoms with E-state index in [1.807, 2.05) is 6.07 Å². The average Bonchev–Trinajstić information content (AvgIpc) is 2.82. The van der Waals surface area contributed by atoms with Gasteiger partial charge in [-0.15, -0.1) is 0 Å². The molecule has 2 atom stereocenters. The van der Waals surface area contributed by atoms with Crippen molar-refractivity contribution in [3.63, 3.8) is 0 Å². The largest absolute Gasteiger partial charge is 0.472 e. The highest BCUT2D eigenvalue weighted by Crippen LogP contribution is 2.47. The zero-order chi connectivity index (χ0) is 11.7. The van der Waals surface area contributed by atoms with E-state index in [4.69, 9.17) is 15.0 Å². The van der Waals surface area contributed by atoms with Gasteiger partial charge in [-0.3, -0.25) is 11.3 Å². The van der Waals surface area contributed by atoms with Crippen LogP contribution < -0.4 is 11.3 Å². The van der Waals surface area contributed by atoms with Crippen molar-refractivity contribution in [1.29, 1.82) is 0 Å². The first-order chi connectivity index (χ1) is 8.33. The van der Waals surface area contributed by atoms with Crippen LogP contribution in [0.4, 0.5) is 0 Å². The molecule has 1 saturated heterocycles. The number of nitrogens with one attached hydrogen (secondary N) is 1. The molecule has 2 fully saturated rings. The Morgan fingerprint density at radius 2 is 2.35 bits per heavy atom. The summed E-state index contributed by atoms with van der Waals surface area (Å²) < 4.78 is 11.1. The molecule has 1 aliphatic carbocycles. The van der Waals surface area contributed by atoms with Crippen molar-refractivity contribution >= 4 is 0 Å². The maximum atomic E-state index is 5.95. The summed E-state index contributed by atoms with van der Waals surface area (Å²) in [6, 6.07) is 2.18. The van der Waals surface area contributed by atoms with Gasteiger partial charge >= 0.3 is 0 Å². The standard InChI is InChI=1S/C13H20N2O2/c14-15-12(11-2-6-16-9-11)10-3-7-17-13(8-10)4-1-5-13/h2,6,9-10,12,15H,1,3-5,7-8,14H2. The highest BCUT2D eigenvalue weighted by Gasteiger charge is 2.44. The molecule has 2 heterocycles. The van der Waals surface area contributed by atoms with E-state index in [0.717, 1.165) is 25.0 Å². The molecule has 2 aliphatic rings. The van der Waals surface area contributed by atoms with E-state index in [9.17, 15) is 0 Å². The quantitative estimate of drug-likeness (QED) is 0.623. The summed E-state index contributed by atoms with van der Waals surface area (Å²) >= 11 is 0. The van der Waals surface area contributed by atoms with Gasteiger partial charge in [0, 0.05) is 12.2 Å². The molecular weight excluding hydrogens is 216 g/mol. The van der Waals surface area contributed by atoms with Crippen LogP contribution in [0.1, 0.15) is 43.7 Å². The minimum Gasteiger partial charge on any atom is -0.472 e. The number of hydrazine groups is 1. The fourth-order valence-corrected chi connectivity index (χ4v) is 3.23. The number of nitrogens with two attached hydrogens (primary N) is 1. The van der Waals surface area contributed by atoms with Crippen molar-refractivity contribution in [1.82, 2.24) is 5.43 Å². The van der Waals surface area contributed by atoms with Gasteiger partial charge in [0.15, 0.2) is 0 Å². The summed E-state index contributed by atoms with van der Waals surface area (Å²) in [4.78, 5) is 0. The minimum atomic E-state index is 0.168. The van der Waals surface area contributed by atoms with Gasteiger partial charge in [0.05, 0.1) is 24.2 Å². The summed E-state index contributed by atoms with van der Waals surface area (Å²) in [5.74, 6) is 6.26. The lowest BCUT2D eigenvalue weighted by Gasteiger charge is -2.48. The Kier molecular flexibility index (Phi) is 2.94. The SMILES string of the molecule is NNC(c1ccoc1)C1CCOC2(CCC2)C1. The van der Waals surface area contributed by atoms with Gasteiger partial charge in [0.2, 0.25) is 0 Å². The lowest BCUT2D eigenvalue weighted by molar-refractivity contribution is -0.147. The zero-order valence-corrected chi connectivity index (χ0v) is 10.0. The van der Waals surface area contributed by atoms with Crippen molar-refractivity contribution in [3.05, 3.63) is 24.2 Å². The molecule has 17 heavy (non-hydrogen) atoms. The molecule has 1 aromatic heterocycles. The number of furan rings is 1.